The van der Waals surface area contributed by atoms with Crippen molar-refractivity contribution < 1.29 is 0 Å². The van der Waals surface area contributed by atoms with Crippen molar-refractivity contribution in [2.24, 2.45) is 0 Å². The van der Waals surface area contributed by atoms with E-state index in [0.717, 1.165) is 54.2 Å². The summed E-state index contributed by atoms with van der Waals surface area (Å²) in [6, 6.07) is 14.3. The molecule has 140 valence electrons. The summed E-state index contributed by atoms with van der Waals surface area (Å²) in [5, 5.41) is 9.48. The summed E-state index contributed by atoms with van der Waals surface area (Å²) in [6.45, 7) is 3.85. The first-order valence-electron chi connectivity index (χ1n) is 9.20. The third-order valence-electron chi connectivity index (χ3n) is 5.20. The summed E-state index contributed by atoms with van der Waals surface area (Å²) in [7, 11) is 2.13. The van der Waals surface area contributed by atoms with Gasteiger partial charge in [0.1, 0.15) is 11.6 Å². The molecule has 27 heavy (non-hydrogen) atoms. The van der Waals surface area contributed by atoms with Crippen LogP contribution in [-0.2, 0) is 0 Å². The second-order valence-corrected chi connectivity index (χ2v) is 7.31. The first-order chi connectivity index (χ1) is 13.1. The molecule has 1 aliphatic heterocycles. The van der Waals surface area contributed by atoms with Crippen molar-refractivity contribution in [3.8, 4) is 5.69 Å². The number of piperidine rings is 1. The Morgan fingerprint density at radius 3 is 2.44 bits per heavy atom. The van der Waals surface area contributed by atoms with Gasteiger partial charge < -0.3 is 9.80 Å². The molecule has 1 aromatic carbocycles. The first kappa shape index (κ1) is 17.8. The molecule has 3 heterocycles. The highest BCUT2D eigenvalue weighted by molar-refractivity contribution is 6.30. The molecular weight excluding hydrogens is 360 g/mol. The Morgan fingerprint density at radius 1 is 1.04 bits per heavy atom. The quantitative estimate of drug-likeness (QED) is 0.688. The summed E-state index contributed by atoms with van der Waals surface area (Å²) < 4.78 is 2.10. The van der Waals surface area contributed by atoms with E-state index >= 15 is 0 Å². The van der Waals surface area contributed by atoms with Gasteiger partial charge in [0.25, 0.3) is 0 Å². The Hall–Kier alpha value is -2.60. The minimum Gasteiger partial charge on any atom is -0.357 e. The lowest BCUT2D eigenvalue weighted by Gasteiger charge is -2.37. The zero-order valence-corrected chi connectivity index (χ0v) is 16.3. The molecule has 2 aromatic heterocycles. The third-order valence-corrected chi connectivity index (χ3v) is 5.45. The van der Waals surface area contributed by atoms with Gasteiger partial charge in [-0.15, -0.1) is 10.2 Å². The topological polar surface area (TPSA) is 50.1 Å². The smallest absolute Gasteiger partial charge is 0.231 e. The van der Waals surface area contributed by atoms with Crippen LogP contribution in [0.25, 0.3) is 5.69 Å². The van der Waals surface area contributed by atoms with Gasteiger partial charge in [0.05, 0.1) is 5.69 Å². The Labute approximate surface area is 164 Å². The van der Waals surface area contributed by atoms with Gasteiger partial charge in [-0.25, -0.2) is 4.98 Å². The maximum atomic E-state index is 6.04. The average Bonchev–Trinajstić information content (AvgIpc) is 3.10. The largest absolute Gasteiger partial charge is 0.357 e. The number of aryl methyl sites for hydroxylation is 1. The van der Waals surface area contributed by atoms with Crippen molar-refractivity contribution >= 4 is 23.4 Å². The number of rotatable bonds is 4. The van der Waals surface area contributed by atoms with Gasteiger partial charge in [-0.2, -0.15) is 0 Å². The van der Waals surface area contributed by atoms with Crippen molar-refractivity contribution in [3.05, 3.63) is 59.5 Å². The molecule has 0 saturated carbocycles. The van der Waals surface area contributed by atoms with Gasteiger partial charge in [-0.05, 0) is 56.2 Å². The lowest BCUT2D eigenvalue weighted by atomic mass is 10.0. The van der Waals surface area contributed by atoms with Crippen LogP contribution >= 0.6 is 11.6 Å². The lowest BCUT2D eigenvalue weighted by Crippen LogP contribution is -2.44. The van der Waals surface area contributed by atoms with Gasteiger partial charge in [-0.1, -0.05) is 17.7 Å². The molecule has 1 aliphatic rings. The van der Waals surface area contributed by atoms with E-state index in [4.69, 9.17) is 11.6 Å². The first-order valence-corrected chi connectivity index (χ1v) is 9.58. The zero-order chi connectivity index (χ0) is 18.8. The van der Waals surface area contributed by atoms with Crippen LogP contribution in [0.1, 0.15) is 18.7 Å². The molecule has 0 N–H and O–H groups in total. The number of halogens is 1. The van der Waals surface area contributed by atoms with Crippen LogP contribution in [0.3, 0.4) is 0 Å². The molecule has 1 saturated heterocycles. The maximum Gasteiger partial charge on any atom is 0.231 e. The van der Waals surface area contributed by atoms with Gasteiger partial charge >= 0.3 is 0 Å². The van der Waals surface area contributed by atoms with Gasteiger partial charge in [0, 0.05) is 37.4 Å². The standard InChI is InChI=1S/C20H23ClN6/c1-15-23-24-20(27(15)18-8-6-16(21)7-9-18)26-13-10-17(11-14-26)25(2)19-5-3-4-12-22-19/h3-9,12,17H,10-11,13-14H2,1-2H3. The van der Waals surface area contributed by atoms with E-state index < -0.39 is 0 Å². The Bertz CT molecular complexity index is 885. The van der Waals surface area contributed by atoms with Crippen LogP contribution in [0, 0.1) is 6.92 Å². The van der Waals surface area contributed by atoms with Crippen molar-refractivity contribution in [1.82, 2.24) is 19.7 Å². The lowest BCUT2D eigenvalue weighted by molar-refractivity contribution is 0.474. The molecule has 0 bridgehead atoms. The molecule has 0 aliphatic carbocycles. The van der Waals surface area contributed by atoms with E-state index in [1.807, 2.05) is 49.5 Å². The predicted octanol–water partition coefficient (Wildman–Crippen LogP) is 3.73. The van der Waals surface area contributed by atoms with Crippen molar-refractivity contribution in [2.75, 3.05) is 29.9 Å². The van der Waals surface area contributed by atoms with Crippen molar-refractivity contribution in [1.29, 1.82) is 0 Å². The fraction of sp³-hybridized carbons (Fsp3) is 0.350. The monoisotopic (exact) mass is 382 g/mol. The molecule has 1 fully saturated rings. The van der Waals surface area contributed by atoms with E-state index in [2.05, 4.69) is 42.7 Å². The third kappa shape index (κ3) is 3.62. The summed E-state index contributed by atoms with van der Waals surface area (Å²) in [5.74, 6) is 2.80. The summed E-state index contributed by atoms with van der Waals surface area (Å²) in [4.78, 5) is 9.07. The van der Waals surface area contributed by atoms with E-state index in [1.165, 1.54) is 0 Å². The van der Waals surface area contributed by atoms with E-state index in [-0.39, 0.29) is 0 Å². The average molecular weight is 383 g/mol. The SMILES string of the molecule is Cc1nnc(N2CCC(N(C)c3ccccn3)CC2)n1-c1ccc(Cl)cc1. The second kappa shape index (κ2) is 7.56. The normalized spacial score (nSPS) is 15.1. The number of hydrogen-bond donors (Lipinski definition) is 0. The molecule has 4 rings (SSSR count). The van der Waals surface area contributed by atoms with Gasteiger partial charge in [0.2, 0.25) is 5.95 Å². The van der Waals surface area contributed by atoms with Crippen LogP contribution < -0.4 is 9.80 Å². The summed E-state index contributed by atoms with van der Waals surface area (Å²) >= 11 is 6.04. The fourth-order valence-corrected chi connectivity index (χ4v) is 3.78. The number of aromatic nitrogens is 4. The zero-order valence-electron chi connectivity index (χ0n) is 15.6. The number of anilines is 2. The van der Waals surface area contributed by atoms with E-state index in [0.29, 0.717) is 6.04 Å². The van der Waals surface area contributed by atoms with Crippen LogP contribution in [0.5, 0.6) is 0 Å². The Kier molecular flexibility index (Phi) is 4.99. The van der Waals surface area contributed by atoms with E-state index in [1.54, 1.807) is 0 Å². The molecule has 7 heteroatoms. The van der Waals surface area contributed by atoms with Crippen LogP contribution in [0.4, 0.5) is 11.8 Å². The Balaban J connectivity index is 1.50. The highest BCUT2D eigenvalue weighted by Gasteiger charge is 2.26. The highest BCUT2D eigenvalue weighted by atomic mass is 35.5. The number of nitrogens with zero attached hydrogens (tertiary/aromatic N) is 6. The van der Waals surface area contributed by atoms with Crippen LogP contribution in [-0.4, -0.2) is 45.9 Å². The van der Waals surface area contributed by atoms with Crippen LogP contribution in [0.2, 0.25) is 5.02 Å². The van der Waals surface area contributed by atoms with Gasteiger partial charge in [0.15, 0.2) is 0 Å². The number of benzene rings is 1. The molecular formula is C20H23ClN6. The fourth-order valence-electron chi connectivity index (χ4n) is 3.65. The predicted molar refractivity (Wildman–Crippen MR) is 109 cm³/mol. The second-order valence-electron chi connectivity index (χ2n) is 6.88. The summed E-state index contributed by atoms with van der Waals surface area (Å²) in [6.07, 6.45) is 3.96. The molecule has 0 atom stereocenters. The molecule has 0 spiro atoms. The highest BCUT2D eigenvalue weighted by Crippen LogP contribution is 2.26. The van der Waals surface area contributed by atoms with E-state index in [9.17, 15) is 0 Å². The van der Waals surface area contributed by atoms with Crippen molar-refractivity contribution in [2.45, 2.75) is 25.8 Å². The van der Waals surface area contributed by atoms with Gasteiger partial charge in [-0.3, -0.25) is 4.57 Å². The van der Waals surface area contributed by atoms with Crippen molar-refractivity contribution in [3.63, 3.8) is 0 Å². The molecule has 0 radical (unpaired) electrons. The summed E-state index contributed by atoms with van der Waals surface area (Å²) in [5.41, 5.74) is 1.03. The minimum absolute atomic E-state index is 0.476. The molecule has 0 amide bonds. The molecule has 3 aromatic rings. The number of pyridine rings is 1. The Morgan fingerprint density at radius 2 is 1.78 bits per heavy atom. The van der Waals surface area contributed by atoms with Crippen LogP contribution in [0.15, 0.2) is 48.7 Å². The number of hydrogen-bond acceptors (Lipinski definition) is 5. The molecule has 0 unspecified atom stereocenters. The molecule has 6 nitrogen and oxygen atoms in total. The maximum absolute atomic E-state index is 6.04. The minimum atomic E-state index is 0.476.